The standard InChI is InChI=1S/C21H22N2O3/c24-18-6-5-16-20(25)19(13-15-7-9-22-10-8-15)26-21(16)17(18)14-23-11-3-1-2-4-12-23/h5-10,13,24H,1-4,11-12,14H2. The number of aromatic nitrogens is 1. The first-order valence-electron chi connectivity index (χ1n) is 9.23. The van der Waals surface area contributed by atoms with Crippen molar-refractivity contribution in [3.8, 4) is 11.5 Å². The van der Waals surface area contributed by atoms with E-state index < -0.39 is 0 Å². The fourth-order valence-corrected chi connectivity index (χ4v) is 3.72. The van der Waals surface area contributed by atoms with E-state index in [1.165, 1.54) is 36.6 Å². The van der Waals surface area contributed by atoms with Crippen molar-refractivity contribution in [3.05, 3.63) is 59.1 Å². The fraction of sp³-hybridized carbons (Fsp3) is 0.333. The average Bonchev–Trinajstić information content (AvgIpc) is 2.83. The van der Waals surface area contributed by atoms with Crippen LogP contribution < -0.4 is 14.7 Å². The van der Waals surface area contributed by atoms with Crippen LogP contribution in [0.4, 0.5) is 0 Å². The number of carbonyl (C=O) groups is 1. The van der Waals surface area contributed by atoms with Gasteiger partial charge < -0.3 is 14.7 Å². The molecule has 1 aromatic carbocycles. The van der Waals surface area contributed by atoms with E-state index >= 15 is 0 Å². The van der Waals surface area contributed by atoms with E-state index in [0.717, 1.165) is 18.7 Å². The SMILES string of the molecule is O=C1C(=Cc2ccncc2)Oc2c1ccc([O-])c2C[NH+]1CCCCCC1. The molecule has 1 aromatic heterocycles. The molecular weight excluding hydrogens is 328 g/mol. The van der Waals surface area contributed by atoms with Gasteiger partial charge in [-0.2, -0.15) is 0 Å². The third kappa shape index (κ3) is 3.35. The lowest BCUT2D eigenvalue weighted by molar-refractivity contribution is -0.913. The average molecular weight is 350 g/mol. The predicted molar refractivity (Wildman–Crippen MR) is 95.9 cm³/mol. The Hall–Kier alpha value is -2.66. The molecule has 0 spiro atoms. The van der Waals surface area contributed by atoms with Crippen molar-refractivity contribution in [3.63, 3.8) is 0 Å². The number of hydrogen-bond acceptors (Lipinski definition) is 4. The number of likely N-dealkylation sites (tertiary alicyclic amines) is 1. The number of ketones is 1. The van der Waals surface area contributed by atoms with E-state index in [1.807, 2.05) is 12.1 Å². The Kier molecular flexibility index (Phi) is 4.71. The van der Waals surface area contributed by atoms with Crippen molar-refractivity contribution in [2.45, 2.75) is 32.2 Å². The first kappa shape index (κ1) is 16.8. The molecule has 1 saturated heterocycles. The molecule has 2 aliphatic heterocycles. The Bertz CT molecular complexity index is 838. The highest BCUT2D eigenvalue weighted by atomic mass is 16.5. The quantitative estimate of drug-likeness (QED) is 0.856. The first-order chi connectivity index (χ1) is 12.7. The van der Waals surface area contributed by atoms with Crippen LogP contribution in [0.15, 0.2) is 42.4 Å². The van der Waals surface area contributed by atoms with Crippen LogP contribution in [0.3, 0.4) is 0 Å². The minimum atomic E-state index is -0.163. The Morgan fingerprint density at radius 1 is 1.08 bits per heavy atom. The van der Waals surface area contributed by atoms with Crippen LogP contribution in [0.25, 0.3) is 6.08 Å². The molecule has 5 nitrogen and oxygen atoms in total. The highest BCUT2D eigenvalue weighted by Gasteiger charge is 2.31. The largest absolute Gasteiger partial charge is 0.872 e. The third-order valence-corrected chi connectivity index (χ3v) is 5.14. The molecule has 2 aromatic rings. The van der Waals surface area contributed by atoms with Gasteiger partial charge in [-0.3, -0.25) is 9.78 Å². The van der Waals surface area contributed by atoms with Crippen molar-refractivity contribution in [2.75, 3.05) is 13.1 Å². The predicted octanol–water partition coefficient (Wildman–Crippen LogP) is 1.73. The van der Waals surface area contributed by atoms with Crippen molar-refractivity contribution in [1.82, 2.24) is 4.98 Å². The number of fused-ring (bicyclic) bond motifs is 1. The Morgan fingerprint density at radius 2 is 1.81 bits per heavy atom. The highest BCUT2D eigenvalue weighted by molar-refractivity contribution is 6.14. The molecule has 0 bridgehead atoms. The van der Waals surface area contributed by atoms with Crippen LogP contribution in [0.5, 0.6) is 11.5 Å². The lowest BCUT2D eigenvalue weighted by atomic mass is 10.0. The summed E-state index contributed by atoms with van der Waals surface area (Å²) in [5.74, 6) is 0.519. The molecule has 3 heterocycles. The number of benzene rings is 1. The van der Waals surface area contributed by atoms with Crippen molar-refractivity contribution < 1.29 is 19.5 Å². The Morgan fingerprint density at radius 3 is 2.54 bits per heavy atom. The molecular formula is C21H22N2O3. The Balaban J connectivity index is 1.64. The van der Waals surface area contributed by atoms with Gasteiger partial charge in [0.05, 0.1) is 18.7 Å². The summed E-state index contributed by atoms with van der Waals surface area (Å²) >= 11 is 0. The summed E-state index contributed by atoms with van der Waals surface area (Å²) in [6.45, 7) is 2.76. The van der Waals surface area contributed by atoms with E-state index in [0.29, 0.717) is 23.4 Å². The van der Waals surface area contributed by atoms with Gasteiger partial charge in [0.1, 0.15) is 12.3 Å². The number of nitrogens with zero attached hydrogens (tertiary/aromatic N) is 1. The van der Waals surface area contributed by atoms with Crippen LogP contribution >= 0.6 is 0 Å². The number of hydrogen-bond donors (Lipinski definition) is 1. The summed E-state index contributed by atoms with van der Waals surface area (Å²) in [6, 6.07) is 6.72. The molecule has 2 aliphatic rings. The number of quaternary nitrogens is 1. The maximum absolute atomic E-state index is 12.7. The van der Waals surface area contributed by atoms with Crippen LogP contribution in [0.1, 0.15) is 47.2 Å². The minimum Gasteiger partial charge on any atom is -0.872 e. The smallest absolute Gasteiger partial charge is 0.231 e. The number of allylic oxidation sites excluding steroid dienone is 1. The van der Waals surface area contributed by atoms with Gasteiger partial charge in [0.15, 0.2) is 5.76 Å². The second-order valence-electron chi connectivity index (χ2n) is 6.98. The number of nitrogens with one attached hydrogen (secondary N) is 1. The summed E-state index contributed by atoms with van der Waals surface area (Å²) in [7, 11) is 0. The molecule has 4 rings (SSSR count). The molecule has 0 unspecified atom stereocenters. The third-order valence-electron chi connectivity index (χ3n) is 5.14. The van der Waals surface area contributed by atoms with Crippen LogP contribution in [0.2, 0.25) is 0 Å². The Labute approximate surface area is 152 Å². The zero-order chi connectivity index (χ0) is 17.9. The van der Waals surface area contributed by atoms with Crippen LogP contribution in [-0.2, 0) is 6.54 Å². The molecule has 5 heteroatoms. The lowest BCUT2D eigenvalue weighted by Gasteiger charge is -2.22. The van der Waals surface area contributed by atoms with Gasteiger partial charge in [-0.25, -0.2) is 0 Å². The number of rotatable bonds is 3. The molecule has 0 amide bonds. The van der Waals surface area contributed by atoms with Gasteiger partial charge in [-0.1, -0.05) is 11.8 Å². The van der Waals surface area contributed by atoms with Gasteiger partial charge in [0.25, 0.3) is 0 Å². The van der Waals surface area contributed by atoms with E-state index in [9.17, 15) is 9.90 Å². The molecule has 1 fully saturated rings. The van der Waals surface area contributed by atoms with Crippen LogP contribution in [0, 0.1) is 0 Å². The van der Waals surface area contributed by atoms with Crippen molar-refractivity contribution >= 4 is 11.9 Å². The molecule has 0 atom stereocenters. The van der Waals surface area contributed by atoms with E-state index in [4.69, 9.17) is 4.74 Å². The van der Waals surface area contributed by atoms with E-state index in [2.05, 4.69) is 4.98 Å². The minimum absolute atomic E-state index is 0.0431. The maximum Gasteiger partial charge on any atom is 0.231 e. The first-order valence-corrected chi connectivity index (χ1v) is 9.23. The summed E-state index contributed by atoms with van der Waals surface area (Å²) in [4.78, 5) is 18.1. The summed E-state index contributed by atoms with van der Waals surface area (Å²) in [5, 5.41) is 12.5. The molecule has 0 saturated carbocycles. The molecule has 0 radical (unpaired) electrons. The second-order valence-corrected chi connectivity index (χ2v) is 6.98. The molecule has 0 aliphatic carbocycles. The van der Waals surface area contributed by atoms with Crippen molar-refractivity contribution in [2.24, 2.45) is 0 Å². The summed E-state index contributed by atoms with van der Waals surface area (Å²) in [5.41, 5.74) is 1.97. The van der Waals surface area contributed by atoms with Gasteiger partial charge >= 0.3 is 0 Å². The maximum atomic E-state index is 12.7. The van der Waals surface area contributed by atoms with Gasteiger partial charge in [-0.15, -0.1) is 0 Å². The topological polar surface area (TPSA) is 66.7 Å². The number of ether oxygens (including phenoxy) is 1. The number of carbonyl (C=O) groups excluding carboxylic acids is 1. The van der Waals surface area contributed by atoms with Gasteiger partial charge in [-0.05, 0) is 55.5 Å². The molecule has 26 heavy (non-hydrogen) atoms. The van der Waals surface area contributed by atoms with Crippen LogP contribution in [-0.4, -0.2) is 23.9 Å². The fourth-order valence-electron chi connectivity index (χ4n) is 3.72. The molecule has 134 valence electrons. The van der Waals surface area contributed by atoms with E-state index in [-0.39, 0.29) is 17.3 Å². The normalized spacial score (nSPS) is 19.2. The zero-order valence-corrected chi connectivity index (χ0v) is 14.7. The number of Topliss-reactive ketones (excluding diaryl/α,β-unsaturated/α-hetero) is 1. The monoisotopic (exact) mass is 350 g/mol. The highest BCUT2D eigenvalue weighted by Crippen LogP contribution is 2.38. The molecule has 1 N–H and O–H groups in total. The number of pyridine rings is 1. The van der Waals surface area contributed by atoms with Gasteiger partial charge in [0, 0.05) is 18.0 Å². The zero-order valence-electron chi connectivity index (χ0n) is 14.7. The summed E-state index contributed by atoms with van der Waals surface area (Å²) < 4.78 is 5.89. The summed E-state index contributed by atoms with van der Waals surface area (Å²) in [6.07, 6.45) is 9.93. The van der Waals surface area contributed by atoms with E-state index in [1.54, 1.807) is 24.5 Å². The second kappa shape index (κ2) is 7.30. The lowest BCUT2D eigenvalue weighted by Crippen LogP contribution is -3.10. The van der Waals surface area contributed by atoms with Gasteiger partial charge in [0.2, 0.25) is 5.78 Å². The van der Waals surface area contributed by atoms with Crippen molar-refractivity contribution in [1.29, 1.82) is 0 Å².